The van der Waals surface area contributed by atoms with Crippen molar-refractivity contribution in [1.29, 1.82) is 0 Å². The highest BCUT2D eigenvalue weighted by atomic mass is 32.2. The maximum Gasteiger partial charge on any atom is 0.261 e. The molecule has 0 radical (unpaired) electrons. The number of carbonyl (C=O) groups is 1. The van der Waals surface area contributed by atoms with Crippen LogP contribution < -0.4 is 10.0 Å². The lowest BCUT2D eigenvalue weighted by Gasteiger charge is -2.09. The number of aryl methyl sites for hydroxylation is 1. The topological polar surface area (TPSA) is 101 Å². The largest absolute Gasteiger partial charge is 0.296 e. The van der Waals surface area contributed by atoms with Crippen molar-refractivity contribution in [3.8, 4) is 0 Å². The van der Waals surface area contributed by atoms with Crippen LogP contribution in [0.2, 0.25) is 0 Å². The molecule has 1 amide bonds. The van der Waals surface area contributed by atoms with Gasteiger partial charge in [-0.3, -0.25) is 14.8 Å². The highest BCUT2D eigenvalue weighted by Crippen LogP contribution is 2.20. The molecule has 0 saturated heterocycles. The summed E-state index contributed by atoms with van der Waals surface area (Å²) in [5.74, 6) is -0.966. The third-order valence-corrected chi connectivity index (χ3v) is 5.85. The van der Waals surface area contributed by atoms with Gasteiger partial charge in [0.2, 0.25) is 5.13 Å². The third-order valence-electron chi connectivity index (χ3n) is 3.49. The second-order valence-corrected chi connectivity index (χ2v) is 8.19. The third kappa shape index (κ3) is 4.66. The molecule has 0 fully saturated rings. The van der Waals surface area contributed by atoms with E-state index in [-0.39, 0.29) is 16.1 Å². The van der Waals surface area contributed by atoms with Crippen molar-refractivity contribution in [3.05, 3.63) is 64.9 Å². The van der Waals surface area contributed by atoms with Crippen LogP contribution in [0.3, 0.4) is 0 Å². The van der Waals surface area contributed by atoms with Crippen LogP contribution in [-0.2, 0) is 16.4 Å². The molecule has 0 bridgehead atoms. The summed E-state index contributed by atoms with van der Waals surface area (Å²) in [4.78, 5) is 12.3. The summed E-state index contributed by atoms with van der Waals surface area (Å²) in [5.41, 5.74) is 0.373. The molecule has 0 aliphatic rings. The predicted molar refractivity (Wildman–Crippen MR) is 101 cm³/mol. The van der Waals surface area contributed by atoms with Gasteiger partial charge in [-0.05, 0) is 48.9 Å². The minimum Gasteiger partial charge on any atom is -0.296 e. The van der Waals surface area contributed by atoms with Crippen LogP contribution in [0.5, 0.6) is 0 Å². The Morgan fingerprint density at radius 1 is 1.15 bits per heavy atom. The van der Waals surface area contributed by atoms with Gasteiger partial charge < -0.3 is 0 Å². The van der Waals surface area contributed by atoms with Crippen molar-refractivity contribution in [2.75, 3.05) is 10.0 Å². The van der Waals surface area contributed by atoms with E-state index in [1.807, 2.05) is 6.92 Å². The van der Waals surface area contributed by atoms with E-state index in [1.165, 1.54) is 47.7 Å². The number of nitrogens with one attached hydrogen (secondary N) is 2. The molecule has 0 aliphatic carbocycles. The molecule has 0 aliphatic heterocycles. The first-order valence-electron chi connectivity index (χ1n) is 7.89. The fourth-order valence-electron chi connectivity index (χ4n) is 2.15. The molecule has 0 spiro atoms. The molecule has 2 N–H and O–H groups in total. The molecule has 2 aromatic carbocycles. The Balaban J connectivity index is 1.79. The monoisotopic (exact) mass is 406 g/mol. The van der Waals surface area contributed by atoms with E-state index in [1.54, 1.807) is 0 Å². The molecule has 140 valence electrons. The minimum absolute atomic E-state index is 0.0917. The zero-order valence-electron chi connectivity index (χ0n) is 14.1. The lowest BCUT2D eigenvalue weighted by Crippen LogP contribution is -2.16. The number of aromatic nitrogens is 2. The van der Waals surface area contributed by atoms with Crippen molar-refractivity contribution in [2.45, 2.75) is 18.2 Å². The fraction of sp³-hybridized carbons (Fsp3) is 0.118. The lowest BCUT2D eigenvalue weighted by atomic mass is 10.2. The van der Waals surface area contributed by atoms with Crippen LogP contribution in [0.15, 0.2) is 53.4 Å². The molecule has 1 heterocycles. The SMILES string of the molecule is CCc1nnc(NC(=O)c2cccc(S(=O)(=O)Nc3ccc(F)cc3)c2)s1. The molecular weight excluding hydrogens is 391 g/mol. The van der Waals surface area contributed by atoms with Gasteiger partial charge in [-0.25, -0.2) is 12.8 Å². The van der Waals surface area contributed by atoms with Crippen LogP contribution in [0.1, 0.15) is 22.3 Å². The van der Waals surface area contributed by atoms with Crippen LogP contribution in [0.25, 0.3) is 0 Å². The number of hydrogen-bond acceptors (Lipinski definition) is 6. The standard InChI is InChI=1S/C17H15FN4O3S2/c1-2-15-20-21-17(26-15)19-16(23)11-4-3-5-14(10-11)27(24,25)22-13-8-6-12(18)7-9-13/h3-10,22H,2H2,1H3,(H,19,21,23). The molecule has 0 unspecified atom stereocenters. The van der Waals surface area contributed by atoms with Gasteiger partial charge in [-0.15, -0.1) is 10.2 Å². The average Bonchev–Trinajstić information content (AvgIpc) is 3.11. The second kappa shape index (κ2) is 7.80. The van der Waals surface area contributed by atoms with Gasteiger partial charge >= 0.3 is 0 Å². The Morgan fingerprint density at radius 3 is 2.56 bits per heavy atom. The minimum atomic E-state index is -3.93. The molecule has 1 aromatic heterocycles. The smallest absolute Gasteiger partial charge is 0.261 e. The van der Waals surface area contributed by atoms with Crippen molar-refractivity contribution in [2.24, 2.45) is 0 Å². The van der Waals surface area contributed by atoms with E-state index in [0.29, 0.717) is 11.6 Å². The summed E-state index contributed by atoms with van der Waals surface area (Å²) in [7, 11) is -3.93. The number of halogens is 1. The number of amides is 1. The Morgan fingerprint density at radius 2 is 1.89 bits per heavy atom. The van der Waals surface area contributed by atoms with Gasteiger partial charge in [0.25, 0.3) is 15.9 Å². The van der Waals surface area contributed by atoms with E-state index in [2.05, 4.69) is 20.2 Å². The zero-order chi connectivity index (χ0) is 19.4. The molecule has 10 heteroatoms. The number of sulfonamides is 1. The Labute approximate surface area is 159 Å². The van der Waals surface area contributed by atoms with E-state index >= 15 is 0 Å². The lowest BCUT2D eigenvalue weighted by molar-refractivity contribution is 0.102. The van der Waals surface area contributed by atoms with Gasteiger partial charge in [-0.2, -0.15) is 0 Å². The van der Waals surface area contributed by atoms with Gasteiger partial charge in [0.05, 0.1) is 4.90 Å². The van der Waals surface area contributed by atoms with Crippen molar-refractivity contribution >= 4 is 38.1 Å². The van der Waals surface area contributed by atoms with Crippen molar-refractivity contribution < 1.29 is 17.6 Å². The molecular formula is C17H15FN4O3S2. The highest BCUT2D eigenvalue weighted by molar-refractivity contribution is 7.92. The summed E-state index contributed by atoms with van der Waals surface area (Å²) in [5, 5.41) is 11.5. The number of benzene rings is 2. The summed E-state index contributed by atoms with van der Waals surface area (Å²) >= 11 is 1.25. The molecule has 0 atom stereocenters. The van der Waals surface area contributed by atoms with E-state index in [9.17, 15) is 17.6 Å². The summed E-state index contributed by atoms with van der Waals surface area (Å²) < 4.78 is 40.3. The van der Waals surface area contributed by atoms with Crippen LogP contribution in [0.4, 0.5) is 15.2 Å². The van der Waals surface area contributed by atoms with Crippen LogP contribution in [-0.4, -0.2) is 24.5 Å². The molecule has 27 heavy (non-hydrogen) atoms. The first-order valence-corrected chi connectivity index (χ1v) is 10.2. The van der Waals surface area contributed by atoms with E-state index in [0.717, 1.165) is 17.1 Å². The summed E-state index contributed by atoms with van der Waals surface area (Å²) in [6.45, 7) is 1.93. The van der Waals surface area contributed by atoms with Crippen LogP contribution in [0, 0.1) is 5.82 Å². The Hall–Kier alpha value is -2.85. The molecule has 0 saturated carbocycles. The van der Waals surface area contributed by atoms with Crippen LogP contribution >= 0.6 is 11.3 Å². The first kappa shape index (κ1) is 18.9. The summed E-state index contributed by atoms with van der Waals surface area (Å²) in [6, 6.07) is 10.5. The maximum absolute atomic E-state index is 13.0. The molecule has 7 nitrogen and oxygen atoms in total. The quantitative estimate of drug-likeness (QED) is 0.654. The second-order valence-electron chi connectivity index (χ2n) is 5.45. The van der Waals surface area contributed by atoms with Gasteiger partial charge in [0.1, 0.15) is 10.8 Å². The number of nitrogens with zero attached hydrogens (tertiary/aromatic N) is 2. The average molecular weight is 406 g/mol. The molecule has 3 rings (SSSR count). The number of carbonyl (C=O) groups excluding carboxylic acids is 1. The van der Waals surface area contributed by atoms with E-state index in [4.69, 9.17) is 0 Å². The van der Waals surface area contributed by atoms with Crippen molar-refractivity contribution in [3.63, 3.8) is 0 Å². The van der Waals surface area contributed by atoms with E-state index < -0.39 is 21.7 Å². The number of rotatable bonds is 6. The fourth-order valence-corrected chi connectivity index (χ4v) is 3.93. The van der Waals surface area contributed by atoms with Crippen molar-refractivity contribution in [1.82, 2.24) is 10.2 Å². The predicted octanol–water partition coefficient (Wildman–Crippen LogP) is 3.29. The van der Waals surface area contributed by atoms with Gasteiger partial charge in [0, 0.05) is 11.3 Å². The zero-order valence-corrected chi connectivity index (χ0v) is 15.8. The maximum atomic E-state index is 13.0. The first-order chi connectivity index (χ1) is 12.9. The number of anilines is 2. The molecule has 3 aromatic rings. The van der Waals surface area contributed by atoms with Gasteiger partial charge in [-0.1, -0.05) is 24.3 Å². The number of hydrogen-bond donors (Lipinski definition) is 2. The Bertz CT molecular complexity index is 1070. The normalized spacial score (nSPS) is 11.2. The summed E-state index contributed by atoms with van der Waals surface area (Å²) in [6.07, 6.45) is 0.705. The Kier molecular flexibility index (Phi) is 5.47. The highest BCUT2D eigenvalue weighted by Gasteiger charge is 2.17. The van der Waals surface area contributed by atoms with Gasteiger partial charge in [0.15, 0.2) is 0 Å².